The minimum absolute atomic E-state index is 0.722. The largest absolute Gasteiger partial charge is 0.370 e. The lowest BCUT2D eigenvalue weighted by Gasteiger charge is -2.24. The minimum atomic E-state index is 0.722. The van der Waals surface area contributed by atoms with E-state index in [9.17, 15) is 0 Å². The molecular formula is C14H23N5. The van der Waals surface area contributed by atoms with E-state index in [1.54, 1.807) is 6.33 Å². The number of aromatic nitrogens is 2. The van der Waals surface area contributed by atoms with Gasteiger partial charge in [0.15, 0.2) is 0 Å². The van der Waals surface area contributed by atoms with Gasteiger partial charge in [0.25, 0.3) is 0 Å². The van der Waals surface area contributed by atoms with Crippen molar-refractivity contribution in [1.82, 2.24) is 14.9 Å². The van der Waals surface area contributed by atoms with E-state index in [0.717, 1.165) is 37.3 Å². The first-order chi connectivity index (χ1) is 9.36. The maximum Gasteiger partial charge on any atom is 0.134 e. The Balaban J connectivity index is 1.65. The van der Waals surface area contributed by atoms with E-state index in [-0.39, 0.29) is 0 Å². The van der Waals surface area contributed by atoms with Crippen LogP contribution in [0.4, 0.5) is 11.6 Å². The molecule has 0 radical (unpaired) electrons. The number of anilines is 2. The van der Waals surface area contributed by atoms with Crippen molar-refractivity contribution in [3.63, 3.8) is 0 Å². The van der Waals surface area contributed by atoms with Gasteiger partial charge in [0.05, 0.1) is 0 Å². The van der Waals surface area contributed by atoms with Crippen molar-refractivity contribution in [3.05, 3.63) is 12.4 Å². The SMILES string of the molecule is CCNc1cc(N2CCC(N3CCCC3)C2)ncn1. The minimum Gasteiger partial charge on any atom is -0.370 e. The van der Waals surface area contributed by atoms with Gasteiger partial charge in [-0.1, -0.05) is 0 Å². The van der Waals surface area contributed by atoms with Gasteiger partial charge in [-0.2, -0.15) is 0 Å². The van der Waals surface area contributed by atoms with Crippen LogP contribution in [-0.2, 0) is 0 Å². The van der Waals surface area contributed by atoms with E-state index in [4.69, 9.17) is 0 Å². The molecule has 1 aromatic heterocycles. The maximum absolute atomic E-state index is 4.42. The third-order valence-electron chi connectivity index (χ3n) is 4.15. The van der Waals surface area contributed by atoms with Crippen LogP contribution in [0, 0.1) is 0 Å². The van der Waals surface area contributed by atoms with Crippen molar-refractivity contribution in [2.45, 2.75) is 32.2 Å². The molecule has 5 heteroatoms. The van der Waals surface area contributed by atoms with E-state index in [1.165, 1.54) is 32.4 Å². The van der Waals surface area contributed by atoms with Crippen molar-refractivity contribution in [2.24, 2.45) is 0 Å². The number of hydrogen-bond donors (Lipinski definition) is 1. The molecule has 0 aromatic carbocycles. The van der Waals surface area contributed by atoms with Gasteiger partial charge in [-0.05, 0) is 39.3 Å². The van der Waals surface area contributed by atoms with Crippen molar-refractivity contribution in [1.29, 1.82) is 0 Å². The average Bonchev–Trinajstić information content (AvgIpc) is 3.11. The molecule has 1 N–H and O–H groups in total. The second-order valence-corrected chi connectivity index (χ2v) is 5.42. The zero-order valence-corrected chi connectivity index (χ0v) is 11.7. The molecule has 1 unspecified atom stereocenters. The van der Waals surface area contributed by atoms with Crippen LogP contribution >= 0.6 is 0 Å². The smallest absolute Gasteiger partial charge is 0.134 e. The average molecular weight is 261 g/mol. The highest BCUT2D eigenvalue weighted by Crippen LogP contribution is 2.24. The maximum atomic E-state index is 4.42. The molecule has 19 heavy (non-hydrogen) atoms. The molecule has 0 aliphatic carbocycles. The van der Waals surface area contributed by atoms with E-state index >= 15 is 0 Å². The number of rotatable bonds is 4. The molecule has 3 rings (SSSR count). The van der Waals surface area contributed by atoms with Gasteiger partial charge in [-0.15, -0.1) is 0 Å². The number of likely N-dealkylation sites (tertiary alicyclic amines) is 1. The molecule has 2 fully saturated rings. The van der Waals surface area contributed by atoms with Gasteiger partial charge in [0, 0.05) is 31.7 Å². The molecule has 1 aromatic rings. The van der Waals surface area contributed by atoms with Gasteiger partial charge in [0.1, 0.15) is 18.0 Å². The lowest BCUT2D eigenvalue weighted by molar-refractivity contribution is 0.260. The first-order valence-corrected chi connectivity index (χ1v) is 7.41. The normalized spacial score (nSPS) is 24.1. The summed E-state index contributed by atoms with van der Waals surface area (Å²) in [6, 6.07) is 2.79. The molecule has 2 saturated heterocycles. The molecule has 2 aliphatic rings. The molecule has 5 nitrogen and oxygen atoms in total. The van der Waals surface area contributed by atoms with E-state index in [2.05, 4.69) is 38.1 Å². The fourth-order valence-corrected chi connectivity index (χ4v) is 3.15. The third kappa shape index (κ3) is 2.81. The first kappa shape index (κ1) is 12.7. The zero-order valence-electron chi connectivity index (χ0n) is 11.7. The second kappa shape index (κ2) is 5.74. The fraction of sp³-hybridized carbons (Fsp3) is 0.714. The summed E-state index contributed by atoms with van der Waals surface area (Å²) >= 11 is 0. The first-order valence-electron chi connectivity index (χ1n) is 7.41. The standard InChI is InChI=1S/C14H23N5/c1-2-15-13-9-14(17-11-16-13)19-8-5-12(10-19)18-6-3-4-7-18/h9,11-12H,2-8,10H2,1H3,(H,15,16,17). The molecule has 3 heterocycles. The quantitative estimate of drug-likeness (QED) is 0.891. The van der Waals surface area contributed by atoms with Crippen LogP contribution < -0.4 is 10.2 Å². The lowest BCUT2D eigenvalue weighted by Crippen LogP contribution is -2.35. The van der Waals surface area contributed by atoms with Crippen LogP contribution in [0.3, 0.4) is 0 Å². The summed E-state index contributed by atoms with van der Waals surface area (Å²) in [4.78, 5) is 13.7. The van der Waals surface area contributed by atoms with Crippen LogP contribution in [0.2, 0.25) is 0 Å². The van der Waals surface area contributed by atoms with Crippen LogP contribution in [0.5, 0.6) is 0 Å². The van der Waals surface area contributed by atoms with Crippen molar-refractivity contribution in [3.8, 4) is 0 Å². The van der Waals surface area contributed by atoms with Crippen LogP contribution in [0.1, 0.15) is 26.2 Å². The van der Waals surface area contributed by atoms with E-state index in [0.29, 0.717) is 0 Å². The van der Waals surface area contributed by atoms with Crippen molar-refractivity contribution < 1.29 is 0 Å². The van der Waals surface area contributed by atoms with Gasteiger partial charge < -0.3 is 10.2 Å². The summed E-state index contributed by atoms with van der Waals surface area (Å²) in [6.07, 6.45) is 5.67. The molecule has 0 saturated carbocycles. The summed E-state index contributed by atoms with van der Waals surface area (Å²) in [5.41, 5.74) is 0. The van der Waals surface area contributed by atoms with Gasteiger partial charge in [0.2, 0.25) is 0 Å². The van der Waals surface area contributed by atoms with Crippen molar-refractivity contribution >= 4 is 11.6 Å². The summed E-state index contributed by atoms with van der Waals surface area (Å²) in [7, 11) is 0. The number of hydrogen-bond acceptors (Lipinski definition) is 5. The Labute approximate surface area is 115 Å². The Bertz CT molecular complexity index is 416. The van der Waals surface area contributed by atoms with Crippen molar-refractivity contribution in [2.75, 3.05) is 42.9 Å². The number of nitrogens with one attached hydrogen (secondary N) is 1. The Hall–Kier alpha value is -1.36. The van der Waals surface area contributed by atoms with Crippen LogP contribution in [0.15, 0.2) is 12.4 Å². The van der Waals surface area contributed by atoms with E-state index < -0.39 is 0 Å². The highest BCUT2D eigenvalue weighted by atomic mass is 15.3. The summed E-state index contributed by atoms with van der Waals surface area (Å²) in [6.45, 7) is 7.77. The predicted molar refractivity (Wildman–Crippen MR) is 77.6 cm³/mol. The monoisotopic (exact) mass is 261 g/mol. The highest BCUT2D eigenvalue weighted by molar-refractivity contribution is 5.49. The Morgan fingerprint density at radius 1 is 1.26 bits per heavy atom. The lowest BCUT2D eigenvalue weighted by atomic mass is 10.2. The fourth-order valence-electron chi connectivity index (χ4n) is 3.15. The zero-order chi connectivity index (χ0) is 13.1. The summed E-state index contributed by atoms with van der Waals surface area (Å²) in [5, 5.41) is 3.25. The molecule has 2 aliphatic heterocycles. The summed E-state index contributed by atoms with van der Waals surface area (Å²) < 4.78 is 0. The molecular weight excluding hydrogens is 238 g/mol. The predicted octanol–water partition coefficient (Wildman–Crippen LogP) is 1.58. The van der Waals surface area contributed by atoms with Gasteiger partial charge in [-0.3, -0.25) is 4.90 Å². The Morgan fingerprint density at radius 3 is 2.89 bits per heavy atom. The Morgan fingerprint density at radius 2 is 2.11 bits per heavy atom. The summed E-state index contributed by atoms with van der Waals surface area (Å²) in [5.74, 6) is 1.99. The van der Waals surface area contributed by atoms with E-state index in [1.807, 2.05) is 0 Å². The molecule has 104 valence electrons. The third-order valence-corrected chi connectivity index (χ3v) is 4.15. The molecule has 0 amide bonds. The van der Waals surface area contributed by atoms with Crippen LogP contribution in [0.25, 0.3) is 0 Å². The topological polar surface area (TPSA) is 44.3 Å². The highest BCUT2D eigenvalue weighted by Gasteiger charge is 2.29. The van der Waals surface area contributed by atoms with Crippen LogP contribution in [-0.4, -0.2) is 53.6 Å². The second-order valence-electron chi connectivity index (χ2n) is 5.42. The Kier molecular flexibility index (Phi) is 3.82. The molecule has 1 atom stereocenters. The van der Waals surface area contributed by atoms with Gasteiger partial charge >= 0.3 is 0 Å². The molecule has 0 spiro atoms. The molecule has 0 bridgehead atoms. The number of nitrogens with zero attached hydrogens (tertiary/aromatic N) is 4. The van der Waals surface area contributed by atoms with Gasteiger partial charge in [-0.25, -0.2) is 9.97 Å².